The van der Waals surface area contributed by atoms with Crippen LogP contribution in [0.4, 0.5) is 5.69 Å². The molecule has 0 amide bonds. The second kappa shape index (κ2) is 6.85. The number of rotatable bonds is 6. The molecule has 114 valence electrons. The van der Waals surface area contributed by atoms with E-state index in [4.69, 9.17) is 4.74 Å². The lowest BCUT2D eigenvalue weighted by Crippen LogP contribution is -2.11. The fraction of sp³-hybridized carbons (Fsp3) is 0.235. The largest absolute Gasteiger partial charge is 0.485 e. The molecule has 0 bridgehead atoms. The van der Waals surface area contributed by atoms with Gasteiger partial charge in [-0.25, -0.2) is 0 Å². The number of carbonyl (C=O) groups is 1. The van der Waals surface area contributed by atoms with Gasteiger partial charge in [-0.3, -0.25) is 14.9 Å². The maximum atomic E-state index is 12.0. The predicted molar refractivity (Wildman–Crippen MR) is 83.5 cm³/mol. The van der Waals surface area contributed by atoms with Gasteiger partial charge < -0.3 is 4.74 Å². The number of non-ortho nitro benzene ring substituents is 1. The Morgan fingerprint density at radius 3 is 2.18 bits per heavy atom. The molecular formula is C17H17NO4. The molecule has 0 aliphatic heterocycles. The summed E-state index contributed by atoms with van der Waals surface area (Å²) in [5, 5.41) is 10.5. The van der Waals surface area contributed by atoms with Crippen LogP contribution in [0.25, 0.3) is 0 Å². The number of hydrogen-bond acceptors (Lipinski definition) is 4. The zero-order valence-corrected chi connectivity index (χ0v) is 12.5. The van der Waals surface area contributed by atoms with E-state index in [9.17, 15) is 14.9 Å². The van der Waals surface area contributed by atoms with Crippen LogP contribution < -0.4 is 4.74 Å². The SMILES string of the molecule is CC(C)c1ccc(C(=O)COc2ccc([N+](=O)[O-])cc2)cc1. The predicted octanol–water partition coefficient (Wildman–Crippen LogP) is 3.98. The Bertz CT molecular complexity index is 660. The number of nitro benzene ring substituents is 1. The van der Waals surface area contributed by atoms with Crippen molar-refractivity contribution in [3.8, 4) is 5.75 Å². The normalized spacial score (nSPS) is 10.5. The summed E-state index contributed by atoms with van der Waals surface area (Å²) < 4.78 is 5.36. The van der Waals surface area contributed by atoms with E-state index >= 15 is 0 Å². The highest BCUT2D eigenvalue weighted by Gasteiger charge is 2.09. The number of hydrogen-bond donors (Lipinski definition) is 0. The fourth-order valence-electron chi connectivity index (χ4n) is 1.95. The first-order chi connectivity index (χ1) is 10.5. The topological polar surface area (TPSA) is 69.4 Å². The third kappa shape index (κ3) is 3.91. The summed E-state index contributed by atoms with van der Waals surface area (Å²) in [6.45, 7) is 4.09. The summed E-state index contributed by atoms with van der Waals surface area (Å²) in [7, 11) is 0. The Morgan fingerprint density at radius 2 is 1.68 bits per heavy atom. The first-order valence-electron chi connectivity index (χ1n) is 6.98. The van der Waals surface area contributed by atoms with Gasteiger partial charge in [0.1, 0.15) is 5.75 Å². The van der Waals surface area contributed by atoms with E-state index in [0.717, 1.165) is 0 Å². The number of ketones is 1. The van der Waals surface area contributed by atoms with E-state index in [1.807, 2.05) is 12.1 Å². The minimum Gasteiger partial charge on any atom is -0.485 e. The minimum atomic E-state index is -0.481. The Balaban J connectivity index is 1.96. The van der Waals surface area contributed by atoms with Gasteiger partial charge in [0.05, 0.1) is 4.92 Å². The molecule has 0 saturated carbocycles. The van der Waals surface area contributed by atoms with Crippen molar-refractivity contribution in [2.45, 2.75) is 19.8 Å². The summed E-state index contributed by atoms with van der Waals surface area (Å²) in [6.07, 6.45) is 0. The van der Waals surface area contributed by atoms with Crippen molar-refractivity contribution >= 4 is 11.5 Å². The molecule has 0 aliphatic rings. The highest BCUT2D eigenvalue weighted by molar-refractivity contribution is 5.97. The first kappa shape index (κ1) is 15.7. The zero-order chi connectivity index (χ0) is 16.1. The molecule has 0 unspecified atom stereocenters. The molecule has 0 spiro atoms. The lowest BCUT2D eigenvalue weighted by atomic mass is 10.0. The second-order valence-electron chi connectivity index (χ2n) is 5.24. The van der Waals surface area contributed by atoms with E-state index in [2.05, 4.69) is 13.8 Å². The Hall–Kier alpha value is -2.69. The van der Waals surface area contributed by atoms with Crippen LogP contribution in [0.2, 0.25) is 0 Å². The van der Waals surface area contributed by atoms with Gasteiger partial charge in [-0.1, -0.05) is 38.1 Å². The number of benzene rings is 2. The summed E-state index contributed by atoms with van der Waals surface area (Å²) in [5.41, 5.74) is 1.75. The van der Waals surface area contributed by atoms with Gasteiger partial charge in [-0.15, -0.1) is 0 Å². The first-order valence-corrected chi connectivity index (χ1v) is 6.98. The highest BCUT2D eigenvalue weighted by Crippen LogP contribution is 2.18. The number of nitrogens with zero attached hydrogens (tertiary/aromatic N) is 1. The van der Waals surface area contributed by atoms with Crippen LogP contribution in [0.15, 0.2) is 48.5 Å². The van der Waals surface area contributed by atoms with Crippen LogP contribution in [0.5, 0.6) is 5.75 Å². The molecular weight excluding hydrogens is 282 g/mol. The molecule has 5 heteroatoms. The molecule has 0 saturated heterocycles. The van der Waals surface area contributed by atoms with Gasteiger partial charge >= 0.3 is 0 Å². The van der Waals surface area contributed by atoms with Gasteiger partial charge in [-0.05, 0) is 23.6 Å². The van der Waals surface area contributed by atoms with Crippen molar-refractivity contribution in [1.29, 1.82) is 0 Å². The number of nitro groups is 1. The molecule has 0 atom stereocenters. The van der Waals surface area contributed by atoms with Crippen LogP contribution in [-0.4, -0.2) is 17.3 Å². The molecule has 0 aliphatic carbocycles. The summed E-state index contributed by atoms with van der Waals surface area (Å²) in [5.74, 6) is 0.715. The van der Waals surface area contributed by atoms with E-state index in [-0.39, 0.29) is 18.1 Å². The van der Waals surface area contributed by atoms with Gasteiger partial charge in [0.15, 0.2) is 12.4 Å². The molecule has 2 aromatic rings. The van der Waals surface area contributed by atoms with E-state index in [1.165, 1.54) is 29.8 Å². The average molecular weight is 299 g/mol. The molecule has 0 N–H and O–H groups in total. The molecule has 2 rings (SSSR count). The third-order valence-electron chi connectivity index (χ3n) is 3.32. The third-order valence-corrected chi connectivity index (χ3v) is 3.32. The second-order valence-corrected chi connectivity index (χ2v) is 5.24. The quantitative estimate of drug-likeness (QED) is 0.459. The standard InChI is InChI=1S/C17H17NO4/c1-12(2)13-3-5-14(6-4-13)17(19)11-22-16-9-7-15(8-10-16)18(20)21/h3-10,12H,11H2,1-2H3. The van der Waals surface area contributed by atoms with Gasteiger partial charge in [0.25, 0.3) is 5.69 Å². The van der Waals surface area contributed by atoms with Gasteiger partial charge in [0.2, 0.25) is 0 Å². The lowest BCUT2D eigenvalue weighted by molar-refractivity contribution is -0.384. The van der Waals surface area contributed by atoms with Crippen molar-refractivity contribution in [3.05, 3.63) is 69.8 Å². The Kier molecular flexibility index (Phi) is 4.88. The van der Waals surface area contributed by atoms with Crippen LogP contribution in [-0.2, 0) is 0 Å². The molecule has 0 heterocycles. The number of Topliss-reactive ketones (excluding diaryl/α,β-unsaturated/α-hetero) is 1. The van der Waals surface area contributed by atoms with Crippen LogP contribution in [0.1, 0.15) is 35.7 Å². The summed E-state index contributed by atoms with van der Waals surface area (Å²) >= 11 is 0. The Labute approximate surface area is 128 Å². The zero-order valence-electron chi connectivity index (χ0n) is 12.5. The average Bonchev–Trinajstić information content (AvgIpc) is 2.53. The van der Waals surface area contributed by atoms with Gasteiger partial charge in [-0.2, -0.15) is 0 Å². The van der Waals surface area contributed by atoms with Crippen molar-refractivity contribution in [2.24, 2.45) is 0 Å². The highest BCUT2D eigenvalue weighted by atomic mass is 16.6. The lowest BCUT2D eigenvalue weighted by Gasteiger charge is -2.07. The van der Waals surface area contributed by atoms with Crippen molar-refractivity contribution in [2.75, 3.05) is 6.61 Å². The van der Waals surface area contributed by atoms with E-state index in [1.54, 1.807) is 12.1 Å². The molecule has 22 heavy (non-hydrogen) atoms. The van der Waals surface area contributed by atoms with Gasteiger partial charge in [0, 0.05) is 17.7 Å². The van der Waals surface area contributed by atoms with E-state index in [0.29, 0.717) is 17.2 Å². The van der Waals surface area contributed by atoms with Crippen LogP contribution in [0.3, 0.4) is 0 Å². The fourth-order valence-corrected chi connectivity index (χ4v) is 1.95. The molecule has 5 nitrogen and oxygen atoms in total. The number of carbonyl (C=O) groups excluding carboxylic acids is 1. The smallest absolute Gasteiger partial charge is 0.269 e. The maximum absolute atomic E-state index is 12.0. The van der Waals surface area contributed by atoms with Crippen LogP contribution in [0, 0.1) is 10.1 Å². The molecule has 0 radical (unpaired) electrons. The maximum Gasteiger partial charge on any atom is 0.269 e. The van der Waals surface area contributed by atoms with Crippen molar-refractivity contribution in [1.82, 2.24) is 0 Å². The van der Waals surface area contributed by atoms with Crippen molar-refractivity contribution in [3.63, 3.8) is 0 Å². The minimum absolute atomic E-state index is 0.0112. The molecule has 0 fully saturated rings. The van der Waals surface area contributed by atoms with Crippen LogP contribution >= 0.6 is 0 Å². The summed E-state index contributed by atoms with van der Waals surface area (Å²) in [6, 6.07) is 13.1. The summed E-state index contributed by atoms with van der Waals surface area (Å²) in [4.78, 5) is 22.1. The van der Waals surface area contributed by atoms with Crippen molar-refractivity contribution < 1.29 is 14.5 Å². The Morgan fingerprint density at radius 1 is 1.09 bits per heavy atom. The molecule has 0 aromatic heterocycles. The number of ether oxygens (including phenoxy) is 1. The monoisotopic (exact) mass is 299 g/mol. The van der Waals surface area contributed by atoms with E-state index < -0.39 is 4.92 Å². The molecule has 2 aromatic carbocycles.